The van der Waals surface area contributed by atoms with Crippen molar-refractivity contribution in [3.8, 4) is 0 Å². The van der Waals surface area contributed by atoms with E-state index in [2.05, 4.69) is 9.97 Å². The van der Waals surface area contributed by atoms with Crippen LogP contribution in [0.3, 0.4) is 0 Å². The van der Waals surface area contributed by atoms with Gasteiger partial charge in [0.15, 0.2) is 0 Å². The maximum absolute atomic E-state index is 12.5. The molecule has 4 heterocycles. The number of aliphatic hydroxyl groups excluding tert-OH is 1. The number of fused-ring (bicyclic) bond motifs is 2. The molecule has 8 rings (SSSR count). The third-order valence-electron chi connectivity index (χ3n) is 11.4. The predicted octanol–water partition coefficient (Wildman–Crippen LogP) is 2.57. The summed E-state index contributed by atoms with van der Waals surface area (Å²) in [5, 5.41) is 31.8. The Kier molecular flexibility index (Phi) is 11.5. The third-order valence-corrected chi connectivity index (χ3v) is 11.4. The van der Waals surface area contributed by atoms with Crippen molar-refractivity contribution < 1.29 is 43.5 Å². The normalized spacial score (nSPS) is 27.6. The molecule has 21 nitrogen and oxygen atoms in total. The van der Waals surface area contributed by atoms with Gasteiger partial charge in [-0.2, -0.15) is 0 Å². The molecule has 0 bridgehead atoms. The second kappa shape index (κ2) is 16.6. The number of nitrogens with one attached hydrogen (secondary N) is 2. The first-order valence-corrected chi connectivity index (χ1v) is 19.0. The molecule has 2 aromatic heterocycles. The summed E-state index contributed by atoms with van der Waals surface area (Å²) in [7, 11) is 0. The van der Waals surface area contributed by atoms with Gasteiger partial charge in [0.2, 0.25) is 0 Å². The number of nitro groups is 2. The molecular formula is C39H40N6O15. The van der Waals surface area contributed by atoms with E-state index in [1.54, 1.807) is 13.8 Å². The van der Waals surface area contributed by atoms with Crippen molar-refractivity contribution in [2.75, 3.05) is 0 Å². The van der Waals surface area contributed by atoms with Crippen LogP contribution >= 0.6 is 0 Å². The molecule has 4 aliphatic rings. The van der Waals surface area contributed by atoms with E-state index in [0.717, 1.165) is 0 Å². The quantitative estimate of drug-likeness (QED) is 0.131. The summed E-state index contributed by atoms with van der Waals surface area (Å²) in [6.45, 7) is 5.18. The number of ether oxygens (including phenoxy) is 4. The first-order chi connectivity index (χ1) is 28.5. The van der Waals surface area contributed by atoms with Crippen LogP contribution in [0, 0.1) is 51.8 Å². The second-order valence-corrected chi connectivity index (χ2v) is 15.4. The molecule has 60 heavy (non-hydrogen) atoms. The maximum atomic E-state index is 12.5. The highest BCUT2D eigenvalue weighted by molar-refractivity contribution is 5.90. The van der Waals surface area contributed by atoms with Gasteiger partial charge in [-0.1, -0.05) is 6.92 Å². The zero-order chi connectivity index (χ0) is 43.2. The number of H-pyrrole nitrogens is 2. The van der Waals surface area contributed by atoms with E-state index in [0.29, 0.717) is 30.4 Å². The molecule has 4 aromatic rings. The van der Waals surface area contributed by atoms with Gasteiger partial charge in [0.25, 0.3) is 22.5 Å². The zero-order valence-corrected chi connectivity index (χ0v) is 32.3. The number of esters is 2. The monoisotopic (exact) mass is 832 g/mol. The van der Waals surface area contributed by atoms with Crippen LogP contribution in [0.4, 0.5) is 11.4 Å². The summed E-state index contributed by atoms with van der Waals surface area (Å²) in [6.07, 6.45) is 0.498. The van der Waals surface area contributed by atoms with Crippen molar-refractivity contribution in [3.05, 3.63) is 145 Å². The van der Waals surface area contributed by atoms with Crippen LogP contribution in [-0.4, -0.2) is 76.5 Å². The number of hydrogen-bond acceptors (Lipinski definition) is 15. The van der Waals surface area contributed by atoms with E-state index in [9.17, 15) is 54.1 Å². The highest BCUT2D eigenvalue weighted by Crippen LogP contribution is 2.47. The van der Waals surface area contributed by atoms with E-state index in [1.165, 1.54) is 70.1 Å². The van der Waals surface area contributed by atoms with E-state index in [1.807, 2.05) is 6.92 Å². The van der Waals surface area contributed by atoms with Crippen molar-refractivity contribution >= 4 is 23.3 Å². The fraction of sp³-hybridized carbons (Fsp3) is 0.436. The van der Waals surface area contributed by atoms with Crippen LogP contribution in [0.25, 0.3) is 0 Å². The lowest BCUT2D eigenvalue weighted by atomic mass is 10.00. The Morgan fingerprint density at radius 2 is 1.08 bits per heavy atom. The molecule has 316 valence electrons. The first kappa shape index (κ1) is 41.6. The van der Waals surface area contributed by atoms with Gasteiger partial charge < -0.3 is 24.1 Å². The number of non-ortho nitro benzene ring substituents is 2. The summed E-state index contributed by atoms with van der Waals surface area (Å²) in [5.74, 6) is -1.53. The van der Waals surface area contributed by atoms with Gasteiger partial charge in [0.05, 0.1) is 39.3 Å². The molecule has 0 spiro atoms. The SMILES string of the molecule is Cc1cn([C@H]2C[C@@H]3[C@H](O2)[C@H](C)C[C@H]3OC(=O)c2ccc([N+](=O)[O-])cc2)c(=O)[nH]c1=O.Cc1cn([C@H]2C[C@@H]3[C@H](O2)[C@H](O)C[C@H]3OC(=O)c2ccc([N+](=O)[O-])cc2)c(=O)[nH]c1=O. The minimum atomic E-state index is -0.880. The Morgan fingerprint density at radius 3 is 1.52 bits per heavy atom. The van der Waals surface area contributed by atoms with E-state index in [4.69, 9.17) is 18.9 Å². The van der Waals surface area contributed by atoms with E-state index >= 15 is 0 Å². The number of benzene rings is 2. The Bertz CT molecular complexity index is 2390. The van der Waals surface area contributed by atoms with Crippen molar-refractivity contribution in [2.45, 2.75) is 89.4 Å². The topological polar surface area (TPSA) is 287 Å². The van der Waals surface area contributed by atoms with Gasteiger partial charge in [0.1, 0.15) is 24.7 Å². The standard InChI is InChI=1S/C20H21N3O7.C19H19N3O8/c1-10-7-15(29-19(25)12-3-5-13(6-4-12)23(27)28)14-8-16(30-17(10)14)22-9-11(2)18(24)21-20(22)26;1-9-8-21(19(26)20-17(9)24)15-6-12-14(7-13(23)16(12)30-15)29-18(25)10-2-4-11(5-3-10)22(27)28/h3-6,9-10,14-17H,7-8H2,1-2H3,(H,21,24,26);2-5,8,12-16,23H,6-7H2,1H3,(H,20,24,26)/t10-,14+,15-,16-,17-;12-,13+,14+,15+,16-/m10/s1. The van der Waals surface area contributed by atoms with Crippen molar-refractivity contribution in [2.24, 2.45) is 17.8 Å². The van der Waals surface area contributed by atoms with Gasteiger partial charge in [-0.3, -0.25) is 48.9 Å². The van der Waals surface area contributed by atoms with Gasteiger partial charge in [-0.05, 0) is 50.5 Å². The summed E-state index contributed by atoms with van der Waals surface area (Å²) in [6, 6.07) is 10.3. The average Bonchev–Trinajstić information content (AvgIpc) is 3.98. The van der Waals surface area contributed by atoms with Gasteiger partial charge in [0, 0.05) is 78.9 Å². The summed E-state index contributed by atoms with van der Waals surface area (Å²) >= 11 is 0. The molecule has 2 aliphatic heterocycles. The Hall–Kier alpha value is -6.58. The Morgan fingerprint density at radius 1 is 0.683 bits per heavy atom. The molecule has 2 aromatic carbocycles. The van der Waals surface area contributed by atoms with Crippen LogP contribution in [-0.2, 0) is 18.9 Å². The summed E-state index contributed by atoms with van der Waals surface area (Å²) in [4.78, 5) is 97.4. The minimum Gasteiger partial charge on any atom is -0.458 e. The lowest BCUT2D eigenvalue weighted by Gasteiger charge is -2.19. The number of nitro benzene ring substituents is 2. The summed E-state index contributed by atoms with van der Waals surface area (Å²) in [5.41, 5.74) is -1.18. The van der Waals surface area contributed by atoms with Crippen molar-refractivity contribution in [3.63, 3.8) is 0 Å². The smallest absolute Gasteiger partial charge is 0.338 e. The van der Waals surface area contributed by atoms with Crippen LogP contribution in [0.1, 0.15) is 76.9 Å². The number of carbonyl (C=O) groups is 2. The molecule has 4 fully saturated rings. The number of rotatable bonds is 8. The maximum Gasteiger partial charge on any atom is 0.338 e. The molecule has 0 amide bonds. The molecular weight excluding hydrogens is 792 g/mol. The molecule has 0 unspecified atom stereocenters. The lowest BCUT2D eigenvalue weighted by molar-refractivity contribution is -0.385. The molecule has 2 saturated carbocycles. The Balaban J connectivity index is 0.000000181. The second-order valence-electron chi connectivity index (χ2n) is 15.4. The molecule has 0 radical (unpaired) electrons. The highest BCUT2D eigenvalue weighted by Gasteiger charge is 2.53. The molecule has 3 N–H and O–H groups in total. The van der Waals surface area contributed by atoms with Crippen molar-refractivity contribution in [1.29, 1.82) is 0 Å². The Labute approximate surface area is 337 Å². The lowest BCUT2D eigenvalue weighted by Crippen LogP contribution is -2.34. The zero-order valence-electron chi connectivity index (χ0n) is 32.3. The fourth-order valence-corrected chi connectivity index (χ4v) is 8.37. The number of aryl methyl sites for hydroxylation is 2. The molecule has 2 saturated heterocycles. The minimum absolute atomic E-state index is 0.0915. The van der Waals surface area contributed by atoms with Gasteiger partial charge >= 0.3 is 23.3 Å². The number of aromatic nitrogens is 4. The average molecular weight is 833 g/mol. The number of aromatic amines is 2. The van der Waals surface area contributed by atoms with E-state index in [-0.39, 0.29) is 52.8 Å². The van der Waals surface area contributed by atoms with Crippen LogP contribution in [0.5, 0.6) is 0 Å². The fourth-order valence-electron chi connectivity index (χ4n) is 8.37. The highest BCUT2D eigenvalue weighted by atomic mass is 16.6. The van der Waals surface area contributed by atoms with E-state index < -0.39 is 81.2 Å². The van der Waals surface area contributed by atoms with Gasteiger partial charge in [-0.25, -0.2) is 19.2 Å². The number of hydrogen-bond donors (Lipinski definition) is 3. The van der Waals surface area contributed by atoms with Crippen LogP contribution in [0.15, 0.2) is 80.1 Å². The number of carbonyl (C=O) groups excluding carboxylic acids is 2. The third kappa shape index (κ3) is 8.31. The molecule has 2 aliphatic carbocycles. The van der Waals surface area contributed by atoms with Crippen LogP contribution in [0.2, 0.25) is 0 Å². The van der Waals surface area contributed by atoms with Crippen LogP contribution < -0.4 is 22.5 Å². The van der Waals surface area contributed by atoms with Gasteiger partial charge in [-0.15, -0.1) is 0 Å². The largest absolute Gasteiger partial charge is 0.458 e. The molecule has 21 heteroatoms. The number of nitrogens with zero attached hydrogens (tertiary/aromatic N) is 4. The summed E-state index contributed by atoms with van der Waals surface area (Å²) < 4.78 is 25.8. The predicted molar refractivity (Wildman–Crippen MR) is 205 cm³/mol. The first-order valence-electron chi connectivity index (χ1n) is 19.0. The van der Waals surface area contributed by atoms with Crippen molar-refractivity contribution in [1.82, 2.24) is 19.1 Å². The number of aliphatic hydroxyl groups is 1. The molecule has 10 atom stereocenters.